The van der Waals surface area contributed by atoms with Crippen LogP contribution in [0.15, 0.2) is 12.2 Å². The Hall–Kier alpha value is -0.810. The lowest BCUT2D eigenvalue weighted by Crippen LogP contribution is -2.18. The molecule has 2 aliphatic carbocycles. The van der Waals surface area contributed by atoms with E-state index in [-0.39, 0.29) is 5.92 Å². The lowest BCUT2D eigenvalue weighted by atomic mass is 9.95. The standard InChI is InChI=1S/C9H11NO/c1-11-9-6-2-3-8(9)7(4-6)5-10/h2-3,6-9H,4H2,1H3. The van der Waals surface area contributed by atoms with E-state index in [9.17, 15) is 0 Å². The van der Waals surface area contributed by atoms with Gasteiger partial charge in [-0.3, -0.25) is 0 Å². The second-order valence-corrected chi connectivity index (χ2v) is 3.30. The molecule has 0 aromatic heterocycles. The summed E-state index contributed by atoms with van der Waals surface area (Å²) >= 11 is 0. The fraction of sp³-hybridized carbons (Fsp3) is 0.667. The summed E-state index contributed by atoms with van der Waals surface area (Å²) in [5.41, 5.74) is 0. The number of fused-ring (bicyclic) bond motifs is 2. The molecule has 4 atom stereocenters. The number of methoxy groups -OCH3 is 1. The van der Waals surface area contributed by atoms with Gasteiger partial charge in [-0.15, -0.1) is 0 Å². The van der Waals surface area contributed by atoms with Crippen molar-refractivity contribution >= 4 is 0 Å². The highest BCUT2D eigenvalue weighted by atomic mass is 16.5. The summed E-state index contributed by atoms with van der Waals surface area (Å²) in [6.07, 6.45) is 5.61. The second kappa shape index (κ2) is 2.35. The van der Waals surface area contributed by atoms with Crippen LogP contribution in [-0.2, 0) is 4.74 Å². The summed E-state index contributed by atoms with van der Waals surface area (Å²) in [6, 6.07) is 2.33. The lowest BCUT2D eigenvalue weighted by molar-refractivity contribution is 0.0708. The molecule has 4 unspecified atom stereocenters. The van der Waals surface area contributed by atoms with E-state index < -0.39 is 0 Å². The molecule has 0 saturated heterocycles. The van der Waals surface area contributed by atoms with Gasteiger partial charge >= 0.3 is 0 Å². The molecule has 1 saturated carbocycles. The van der Waals surface area contributed by atoms with Crippen molar-refractivity contribution in [2.45, 2.75) is 12.5 Å². The van der Waals surface area contributed by atoms with Gasteiger partial charge in [-0.1, -0.05) is 12.2 Å². The maximum Gasteiger partial charge on any atom is 0.0709 e. The number of ether oxygens (including phenoxy) is 1. The van der Waals surface area contributed by atoms with E-state index >= 15 is 0 Å². The minimum Gasteiger partial charge on any atom is -0.380 e. The summed E-state index contributed by atoms with van der Waals surface area (Å²) in [6.45, 7) is 0. The van der Waals surface area contributed by atoms with E-state index in [1.807, 2.05) is 0 Å². The first-order valence-electron chi connectivity index (χ1n) is 3.97. The highest BCUT2D eigenvalue weighted by molar-refractivity contribution is 5.19. The Kier molecular flexibility index (Phi) is 1.47. The summed E-state index contributed by atoms with van der Waals surface area (Å²) < 4.78 is 5.32. The van der Waals surface area contributed by atoms with Crippen molar-refractivity contribution in [3.8, 4) is 6.07 Å². The molecule has 0 aromatic rings. The first-order valence-corrected chi connectivity index (χ1v) is 3.97. The third-order valence-corrected chi connectivity index (χ3v) is 2.81. The molecule has 0 radical (unpaired) electrons. The van der Waals surface area contributed by atoms with Crippen LogP contribution in [0.25, 0.3) is 0 Å². The molecular formula is C9H11NO. The maximum absolute atomic E-state index is 8.76. The largest absolute Gasteiger partial charge is 0.380 e. The minimum absolute atomic E-state index is 0.204. The number of rotatable bonds is 1. The van der Waals surface area contributed by atoms with E-state index in [1.54, 1.807) is 7.11 Å². The Morgan fingerprint density at radius 1 is 1.55 bits per heavy atom. The van der Waals surface area contributed by atoms with Crippen molar-refractivity contribution in [3.05, 3.63) is 12.2 Å². The summed E-state index contributed by atoms with van der Waals surface area (Å²) in [5, 5.41) is 8.76. The first-order chi connectivity index (χ1) is 5.36. The van der Waals surface area contributed by atoms with Crippen LogP contribution in [0.3, 0.4) is 0 Å². The molecule has 0 aliphatic heterocycles. The van der Waals surface area contributed by atoms with E-state index in [1.165, 1.54) is 0 Å². The van der Waals surface area contributed by atoms with Crippen molar-refractivity contribution in [3.63, 3.8) is 0 Å². The van der Waals surface area contributed by atoms with Gasteiger partial charge in [0.15, 0.2) is 0 Å². The average Bonchev–Trinajstić information content (AvgIpc) is 2.59. The monoisotopic (exact) mass is 149 g/mol. The number of hydrogen-bond donors (Lipinski definition) is 0. The second-order valence-electron chi connectivity index (χ2n) is 3.30. The number of nitrogens with zero attached hydrogens (tertiary/aromatic N) is 1. The van der Waals surface area contributed by atoms with Crippen LogP contribution in [0.1, 0.15) is 6.42 Å². The Balaban J connectivity index is 2.19. The Labute approximate surface area is 66.5 Å². The SMILES string of the molecule is COC1C2C=CC1C(C#N)C2. The van der Waals surface area contributed by atoms with Crippen molar-refractivity contribution in [1.29, 1.82) is 5.26 Å². The molecule has 0 spiro atoms. The molecule has 2 heteroatoms. The summed E-state index contributed by atoms with van der Waals surface area (Å²) in [4.78, 5) is 0. The highest BCUT2D eigenvalue weighted by Crippen LogP contribution is 2.44. The molecular weight excluding hydrogens is 138 g/mol. The molecule has 2 rings (SSSR count). The minimum atomic E-state index is 0.204. The van der Waals surface area contributed by atoms with E-state index in [0.717, 1.165) is 6.42 Å². The average molecular weight is 149 g/mol. The van der Waals surface area contributed by atoms with Crippen LogP contribution >= 0.6 is 0 Å². The molecule has 58 valence electrons. The van der Waals surface area contributed by atoms with Crippen molar-refractivity contribution < 1.29 is 4.74 Å². The number of nitriles is 1. The fourth-order valence-electron chi connectivity index (χ4n) is 2.27. The molecule has 0 N–H and O–H groups in total. The third-order valence-electron chi connectivity index (χ3n) is 2.81. The Morgan fingerprint density at radius 3 is 2.82 bits per heavy atom. The maximum atomic E-state index is 8.76. The fourth-order valence-corrected chi connectivity index (χ4v) is 2.27. The van der Waals surface area contributed by atoms with Crippen LogP contribution in [0.4, 0.5) is 0 Å². The van der Waals surface area contributed by atoms with Gasteiger partial charge in [-0.25, -0.2) is 0 Å². The summed E-state index contributed by atoms with van der Waals surface area (Å²) in [7, 11) is 1.73. The van der Waals surface area contributed by atoms with Crippen molar-refractivity contribution in [2.75, 3.05) is 7.11 Å². The lowest BCUT2D eigenvalue weighted by Gasteiger charge is -2.13. The van der Waals surface area contributed by atoms with Gasteiger partial charge in [0, 0.05) is 18.9 Å². The number of hydrogen-bond acceptors (Lipinski definition) is 2. The normalized spacial score (nSPS) is 46.2. The van der Waals surface area contributed by atoms with E-state index in [4.69, 9.17) is 10.00 Å². The molecule has 0 heterocycles. The van der Waals surface area contributed by atoms with Gasteiger partial charge in [-0.05, 0) is 6.42 Å². The predicted molar refractivity (Wildman–Crippen MR) is 40.6 cm³/mol. The molecule has 0 aromatic carbocycles. The molecule has 11 heavy (non-hydrogen) atoms. The van der Waals surface area contributed by atoms with Gasteiger partial charge in [0.1, 0.15) is 0 Å². The van der Waals surface area contributed by atoms with Crippen LogP contribution in [-0.4, -0.2) is 13.2 Å². The molecule has 2 aliphatic rings. The van der Waals surface area contributed by atoms with Crippen LogP contribution in [0, 0.1) is 29.1 Å². The van der Waals surface area contributed by atoms with E-state index in [2.05, 4.69) is 18.2 Å². The summed E-state index contributed by atoms with van der Waals surface area (Å²) in [5.74, 6) is 1.08. The van der Waals surface area contributed by atoms with Gasteiger partial charge in [-0.2, -0.15) is 5.26 Å². The third kappa shape index (κ3) is 0.812. The highest BCUT2D eigenvalue weighted by Gasteiger charge is 2.44. The van der Waals surface area contributed by atoms with Crippen LogP contribution in [0.5, 0.6) is 0 Å². The molecule has 1 fully saturated rings. The van der Waals surface area contributed by atoms with E-state index in [0.29, 0.717) is 17.9 Å². The quantitative estimate of drug-likeness (QED) is 0.527. The first kappa shape index (κ1) is 6.87. The van der Waals surface area contributed by atoms with Gasteiger partial charge in [0.05, 0.1) is 18.1 Å². The van der Waals surface area contributed by atoms with Gasteiger partial charge in [0.2, 0.25) is 0 Å². The van der Waals surface area contributed by atoms with Gasteiger partial charge in [0.25, 0.3) is 0 Å². The molecule has 0 amide bonds. The van der Waals surface area contributed by atoms with Crippen LogP contribution < -0.4 is 0 Å². The molecule has 2 nitrogen and oxygen atoms in total. The zero-order valence-corrected chi connectivity index (χ0v) is 6.53. The Morgan fingerprint density at radius 2 is 2.36 bits per heavy atom. The zero-order chi connectivity index (χ0) is 7.84. The molecule has 2 bridgehead atoms. The topological polar surface area (TPSA) is 33.0 Å². The van der Waals surface area contributed by atoms with Crippen molar-refractivity contribution in [2.24, 2.45) is 17.8 Å². The zero-order valence-electron chi connectivity index (χ0n) is 6.53. The smallest absolute Gasteiger partial charge is 0.0709 e. The van der Waals surface area contributed by atoms with Crippen LogP contribution in [0.2, 0.25) is 0 Å². The van der Waals surface area contributed by atoms with Crippen molar-refractivity contribution in [1.82, 2.24) is 0 Å². The predicted octanol–water partition coefficient (Wildman–Crippen LogP) is 1.35. The van der Waals surface area contributed by atoms with Gasteiger partial charge < -0.3 is 4.74 Å². The Bertz CT molecular complexity index is 228.